The van der Waals surface area contributed by atoms with Crippen molar-refractivity contribution in [2.45, 2.75) is 13.3 Å². The summed E-state index contributed by atoms with van der Waals surface area (Å²) in [7, 11) is 0. The zero-order valence-electron chi connectivity index (χ0n) is 4.96. The summed E-state index contributed by atoms with van der Waals surface area (Å²) in [4.78, 5) is 0. The lowest BCUT2D eigenvalue weighted by atomic mass is 10.6. The summed E-state index contributed by atoms with van der Waals surface area (Å²) in [6.45, 7) is 2.05. The predicted molar refractivity (Wildman–Crippen MR) is 48.6 cm³/mol. The Labute approximate surface area is 73.2 Å². The second-order valence-electron chi connectivity index (χ2n) is 1.07. The molecule has 0 aromatic rings. The SMILES string of the molecule is BrCCBr.CCCCl. The van der Waals surface area contributed by atoms with Crippen LogP contribution in [-0.2, 0) is 0 Å². The Morgan fingerprint density at radius 3 is 1.50 bits per heavy atom. The van der Waals surface area contributed by atoms with E-state index in [4.69, 9.17) is 11.6 Å². The van der Waals surface area contributed by atoms with Gasteiger partial charge in [0.25, 0.3) is 0 Å². The van der Waals surface area contributed by atoms with Gasteiger partial charge in [-0.05, 0) is 6.42 Å². The first kappa shape index (κ1) is 12.0. The molecule has 0 saturated carbocycles. The van der Waals surface area contributed by atoms with Gasteiger partial charge < -0.3 is 0 Å². The molecule has 0 aliphatic rings. The standard InChI is InChI=1S/C3H7Cl.C2H4Br2/c1-2-3-4;3-1-2-4/h2-3H2,1H3;1-2H2. The summed E-state index contributed by atoms with van der Waals surface area (Å²) in [6.07, 6.45) is 1.08. The van der Waals surface area contributed by atoms with Crippen molar-refractivity contribution in [1.29, 1.82) is 0 Å². The van der Waals surface area contributed by atoms with Gasteiger partial charge in [-0.15, -0.1) is 11.6 Å². The van der Waals surface area contributed by atoms with Crippen LogP contribution in [0.5, 0.6) is 0 Å². The Morgan fingerprint density at radius 2 is 1.50 bits per heavy atom. The average Bonchev–Trinajstić information content (AvgIpc) is 1.88. The molecule has 0 radical (unpaired) electrons. The predicted octanol–water partition coefficient (Wildman–Crippen LogP) is 3.41. The molecule has 0 amide bonds. The lowest BCUT2D eigenvalue weighted by Gasteiger charge is -1.65. The zero-order valence-corrected chi connectivity index (χ0v) is 8.89. The molecule has 8 heavy (non-hydrogen) atoms. The fourth-order valence-corrected chi connectivity index (χ4v) is 0. The minimum absolute atomic E-state index is 0.792. The van der Waals surface area contributed by atoms with Crippen molar-refractivity contribution >= 4 is 43.5 Å². The minimum atomic E-state index is 0.792. The first-order valence-electron chi connectivity index (χ1n) is 2.51. The van der Waals surface area contributed by atoms with Gasteiger partial charge in [-0.3, -0.25) is 0 Å². The van der Waals surface area contributed by atoms with E-state index < -0.39 is 0 Å². The van der Waals surface area contributed by atoms with Crippen LogP contribution in [0.3, 0.4) is 0 Å². The molecule has 0 spiro atoms. The maximum absolute atomic E-state index is 5.19. The molecule has 0 fully saturated rings. The molecule has 3 heteroatoms. The summed E-state index contributed by atoms with van der Waals surface area (Å²) < 4.78 is 0. The Hall–Kier alpha value is 1.25. The van der Waals surface area contributed by atoms with Gasteiger partial charge in [-0.1, -0.05) is 38.8 Å². The third-order valence-electron chi connectivity index (χ3n) is 0.260. The molecular weight excluding hydrogens is 255 g/mol. The van der Waals surface area contributed by atoms with Crippen molar-refractivity contribution in [2.75, 3.05) is 16.5 Å². The van der Waals surface area contributed by atoms with Crippen molar-refractivity contribution in [3.8, 4) is 0 Å². The summed E-state index contributed by atoms with van der Waals surface area (Å²) in [5.41, 5.74) is 0. The van der Waals surface area contributed by atoms with Crippen LogP contribution >= 0.6 is 43.5 Å². The van der Waals surface area contributed by atoms with Crippen molar-refractivity contribution in [1.82, 2.24) is 0 Å². The van der Waals surface area contributed by atoms with Crippen molar-refractivity contribution in [3.05, 3.63) is 0 Å². The van der Waals surface area contributed by atoms with Crippen LogP contribution in [-0.4, -0.2) is 16.5 Å². The highest BCUT2D eigenvalue weighted by Gasteiger charge is 1.60. The molecule has 0 saturated heterocycles. The van der Waals surface area contributed by atoms with Gasteiger partial charge in [-0.25, -0.2) is 0 Å². The fraction of sp³-hybridized carbons (Fsp3) is 1.00. The highest BCUT2D eigenvalue weighted by Crippen LogP contribution is 1.82. The highest BCUT2D eigenvalue weighted by atomic mass is 79.9. The van der Waals surface area contributed by atoms with Gasteiger partial charge >= 0.3 is 0 Å². The average molecular weight is 266 g/mol. The summed E-state index contributed by atoms with van der Waals surface area (Å²) in [6, 6.07) is 0. The molecule has 52 valence electrons. The lowest BCUT2D eigenvalue weighted by molar-refractivity contribution is 1.10. The molecule has 0 heterocycles. The van der Waals surface area contributed by atoms with Gasteiger partial charge in [0.15, 0.2) is 0 Å². The molecule has 0 rings (SSSR count). The molecule has 0 nitrogen and oxygen atoms in total. The van der Waals surface area contributed by atoms with E-state index in [2.05, 4.69) is 31.9 Å². The topological polar surface area (TPSA) is 0 Å². The van der Waals surface area contributed by atoms with E-state index in [1.54, 1.807) is 0 Å². The first-order valence-corrected chi connectivity index (χ1v) is 5.29. The third-order valence-corrected chi connectivity index (χ3v) is 2.50. The second-order valence-corrected chi connectivity index (χ2v) is 3.03. The van der Waals surface area contributed by atoms with Crippen LogP contribution in [0.2, 0.25) is 0 Å². The van der Waals surface area contributed by atoms with Crippen molar-refractivity contribution in [3.63, 3.8) is 0 Å². The Morgan fingerprint density at radius 1 is 1.25 bits per heavy atom. The Kier molecular flexibility index (Phi) is 23.6. The Balaban J connectivity index is 0. The fourth-order valence-electron chi connectivity index (χ4n) is 0. The van der Waals surface area contributed by atoms with Gasteiger partial charge in [0, 0.05) is 16.5 Å². The normalized spacial score (nSPS) is 7.50. The molecule has 0 atom stereocenters. The van der Waals surface area contributed by atoms with Gasteiger partial charge in [0.05, 0.1) is 0 Å². The number of hydrogen-bond acceptors (Lipinski definition) is 0. The summed E-state index contributed by atoms with van der Waals surface area (Å²) in [5.74, 6) is 0.792. The molecule has 0 aromatic carbocycles. The monoisotopic (exact) mass is 264 g/mol. The molecule has 0 unspecified atom stereocenters. The van der Waals surface area contributed by atoms with E-state index in [1.165, 1.54) is 0 Å². The lowest BCUT2D eigenvalue weighted by Crippen LogP contribution is -1.61. The minimum Gasteiger partial charge on any atom is -0.127 e. The van der Waals surface area contributed by atoms with Crippen LogP contribution < -0.4 is 0 Å². The van der Waals surface area contributed by atoms with E-state index in [0.717, 1.165) is 23.0 Å². The van der Waals surface area contributed by atoms with E-state index >= 15 is 0 Å². The van der Waals surface area contributed by atoms with Gasteiger partial charge in [0.1, 0.15) is 0 Å². The van der Waals surface area contributed by atoms with Crippen molar-refractivity contribution in [2.24, 2.45) is 0 Å². The molecule has 0 aliphatic carbocycles. The van der Waals surface area contributed by atoms with Crippen LogP contribution in [0.4, 0.5) is 0 Å². The largest absolute Gasteiger partial charge is 0.127 e. The Bertz CT molecular complexity index is 18.4. The highest BCUT2D eigenvalue weighted by molar-refractivity contribution is 9.11. The van der Waals surface area contributed by atoms with E-state index in [0.29, 0.717) is 0 Å². The molecular formula is C5H11Br2Cl. The molecule has 0 aromatic heterocycles. The summed E-state index contributed by atoms with van der Waals surface area (Å²) in [5, 5.41) is 2.10. The van der Waals surface area contributed by atoms with Crippen LogP contribution in [0, 0.1) is 0 Å². The van der Waals surface area contributed by atoms with Crippen LogP contribution in [0.1, 0.15) is 13.3 Å². The zero-order chi connectivity index (χ0) is 6.83. The molecule has 0 bridgehead atoms. The number of hydrogen-bond donors (Lipinski definition) is 0. The van der Waals surface area contributed by atoms with Gasteiger partial charge in [0.2, 0.25) is 0 Å². The van der Waals surface area contributed by atoms with E-state index in [-0.39, 0.29) is 0 Å². The first-order chi connectivity index (χ1) is 3.83. The van der Waals surface area contributed by atoms with E-state index in [1.807, 2.05) is 6.92 Å². The van der Waals surface area contributed by atoms with E-state index in [9.17, 15) is 0 Å². The smallest absolute Gasteiger partial charge is 0.0220 e. The second kappa shape index (κ2) is 15.7. The third kappa shape index (κ3) is 26.8. The maximum atomic E-state index is 5.19. The molecule has 0 N–H and O–H groups in total. The quantitative estimate of drug-likeness (QED) is 0.672. The van der Waals surface area contributed by atoms with Crippen LogP contribution in [0.15, 0.2) is 0 Å². The van der Waals surface area contributed by atoms with Crippen molar-refractivity contribution < 1.29 is 0 Å². The maximum Gasteiger partial charge on any atom is 0.0220 e. The molecule has 0 aliphatic heterocycles. The number of halogens is 3. The van der Waals surface area contributed by atoms with Gasteiger partial charge in [-0.2, -0.15) is 0 Å². The van der Waals surface area contributed by atoms with Crippen LogP contribution in [0.25, 0.3) is 0 Å². The number of rotatable bonds is 2. The summed E-state index contributed by atoms with van der Waals surface area (Å²) >= 11 is 11.6. The number of alkyl halides is 3.